The minimum atomic E-state index is -0.156. The number of ether oxygens (including phenoxy) is 1. The molecule has 0 bridgehead atoms. The lowest BCUT2D eigenvalue weighted by Gasteiger charge is -2.18. The lowest BCUT2D eigenvalue weighted by atomic mass is 10.2. The number of hydrogen-bond donors (Lipinski definition) is 1. The smallest absolute Gasteiger partial charge is 0.251 e. The maximum Gasteiger partial charge on any atom is 0.251 e. The summed E-state index contributed by atoms with van der Waals surface area (Å²) in [6.45, 7) is 10.3. The van der Waals surface area contributed by atoms with E-state index in [1.165, 1.54) is 0 Å². The summed E-state index contributed by atoms with van der Waals surface area (Å²) in [4.78, 5) is 18.5. The zero-order valence-corrected chi connectivity index (χ0v) is 15.7. The minimum absolute atomic E-state index is 0. The Hall–Kier alpha value is -1.04. The molecule has 0 saturated carbocycles. The van der Waals surface area contributed by atoms with Crippen LogP contribution in [-0.2, 0) is 0 Å². The molecule has 1 rings (SSSR count). The average molecular weight is 364 g/mol. The van der Waals surface area contributed by atoms with Gasteiger partial charge in [0.15, 0.2) is 0 Å². The second kappa shape index (κ2) is 12.4. The number of amides is 1. The molecular weight excluding hydrogens is 337 g/mol. The normalized spacial score (nSPS) is 10.3. The van der Waals surface area contributed by atoms with Gasteiger partial charge in [-0.15, -0.1) is 12.4 Å². The number of nitrogens with zero attached hydrogens (tertiary/aromatic N) is 2. The van der Waals surface area contributed by atoms with Crippen molar-refractivity contribution in [3.63, 3.8) is 0 Å². The molecule has 1 amide bonds. The van der Waals surface area contributed by atoms with E-state index in [-0.39, 0.29) is 23.5 Å². The third-order valence-electron chi connectivity index (χ3n) is 3.39. The van der Waals surface area contributed by atoms with Crippen LogP contribution in [0.4, 0.5) is 0 Å². The number of pyridine rings is 1. The van der Waals surface area contributed by atoms with Gasteiger partial charge in [-0.2, -0.15) is 0 Å². The first-order valence-corrected chi connectivity index (χ1v) is 8.29. The summed E-state index contributed by atoms with van der Waals surface area (Å²) in [5.74, 6) is 0.242. The van der Waals surface area contributed by atoms with Crippen LogP contribution in [0.5, 0.6) is 5.88 Å². The molecule has 0 radical (unpaired) electrons. The molecule has 0 aliphatic carbocycles. The van der Waals surface area contributed by atoms with Crippen molar-refractivity contribution >= 4 is 29.9 Å². The fourth-order valence-electron chi connectivity index (χ4n) is 1.97. The van der Waals surface area contributed by atoms with E-state index < -0.39 is 0 Å². The number of carbonyl (C=O) groups excluding carboxylic acids is 1. The first-order valence-electron chi connectivity index (χ1n) is 7.91. The lowest BCUT2D eigenvalue weighted by Crippen LogP contribution is -2.34. The van der Waals surface area contributed by atoms with Crippen LogP contribution in [0.1, 0.15) is 44.0 Å². The lowest BCUT2D eigenvalue weighted by molar-refractivity contribution is 0.0948. The zero-order valence-electron chi connectivity index (χ0n) is 14.1. The zero-order chi connectivity index (χ0) is 16.4. The summed E-state index contributed by atoms with van der Waals surface area (Å²) in [5.41, 5.74) is 0.478. The van der Waals surface area contributed by atoms with Gasteiger partial charge < -0.3 is 15.0 Å². The molecular formula is C16H27Cl2N3O2. The summed E-state index contributed by atoms with van der Waals surface area (Å²) in [6, 6.07) is 3.19. The summed E-state index contributed by atoms with van der Waals surface area (Å²) in [6.07, 6.45) is 1.98. The Balaban J connectivity index is 0.00000484. The Bertz CT molecular complexity index is 469. The molecule has 0 aliphatic rings. The molecule has 132 valence electrons. The van der Waals surface area contributed by atoms with Crippen molar-refractivity contribution in [1.82, 2.24) is 15.2 Å². The van der Waals surface area contributed by atoms with Crippen molar-refractivity contribution < 1.29 is 9.53 Å². The molecule has 1 aromatic rings. The fraction of sp³-hybridized carbons (Fsp3) is 0.625. The SMILES string of the molecule is CCCCOc1cc(C(=O)NCCN(CC)CC)cc(Cl)n1.Cl. The second-order valence-electron chi connectivity index (χ2n) is 5.00. The van der Waals surface area contributed by atoms with Crippen LogP contribution in [0.3, 0.4) is 0 Å². The van der Waals surface area contributed by atoms with Crippen molar-refractivity contribution in [2.45, 2.75) is 33.6 Å². The Kier molecular flexibility index (Phi) is 11.8. The topological polar surface area (TPSA) is 54.5 Å². The minimum Gasteiger partial charge on any atom is -0.478 e. The molecule has 23 heavy (non-hydrogen) atoms. The van der Waals surface area contributed by atoms with Gasteiger partial charge in [0.05, 0.1) is 6.61 Å². The van der Waals surface area contributed by atoms with Crippen LogP contribution >= 0.6 is 24.0 Å². The van der Waals surface area contributed by atoms with E-state index in [1.54, 1.807) is 12.1 Å². The first kappa shape index (κ1) is 22.0. The molecule has 0 fully saturated rings. The van der Waals surface area contributed by atoms with Crippen molar-refractivity contribution in [3.05, 3.63) is 22.8 Å². The molecule has 0 aliphatic heterocycles. The molecule has 0 atom stereocenters. The molecule has 0 saturated heterocycles. The third-order valence-corrected chi connectivity index (χ3v) is 3.58. The summed E-state index contributed by atoms with van der Waals surface area (Å²) >= 11 is 5.96. The van der Waals surface area contributed by atoms with Crippen LogP contribution in [-0.4, -0.2) is 48.6 Å². The number of aromatic nitrogens is 1. The van der Waals surface area contributed by atoms with Crippen molar-refractivity contribution in [2.75, 3.05) is 32.8 Å². The molecule has 7 heteroatoms. The molecule has 1 heterocycles. The summed E-state index contributed by atoms with van der Waals surface area (Å²) in [5, 5.41) is 3.16. The number of nitrogens with one attached hydrogen (secondary N) is 1. The van der Waals surface area contributed by atoms with E-state index >= 15 is 0 Å². The number of hydrogen-bond acceptors (Lipinski definition) is 4. The van der Waals surface area contributed by atoms with Gasteiger partial charge >= 0.3 is 0 Å². The van der Waals surface area contributed by atoms with E-state index in [0.29, 0.717) is 24.6 Å². The van der Waals surface area contributed by atoms with Crippen LogP contribution < -0.4 is 10.1 Å². The third kappa shape index (κ3) is 8.39. The number of halogens is 2. The summed E-state index contributed by atoms with van der Waals surface area (Å²) in [7, 11) is 0. The maximum absolute atomic E-state index is 12.2. The van der Waals surface area contributed by atoms with Crippen molar-refractivity contribution in [1.29, 1.82) is 0 Å². The molecule has 0 unspecified atom stereocenters. The molecule has 0 spiro atoms. The predicted octanol–water partition coefficient (Wildman–Crippen LogP) is 3.41. The van der Waals surface area contributed by atoms with Gasteiger partial charge in [-0.05, 0) is 25.6 Å². The van der Waals surface area contributed by atoms with Gasteiger partial charge in [-0.3, -0.25) is 4.79 Å². The van der Waals surface area contributed by atoms with E-state index in [0.717, 1.165) is 32.5 Å². The fourth-order valence-corrected chi connectivity index (χ4v) is 2.17. The monoisotopic (exact) mass is 363 g/mol. The van der Waals surface area contributed by atoms with Crippen LogP contribution in [0, 0.1) is 0 Å². The van der Waals surface area contributed by atoms with Gasteiger partial charge in [-0.1, -0.05) is 38.8 Å². The quantitative estimate of drug-likeness (QED) is 0.511. The predicted molar refractivity (Wildman–Crippen MR) is 97.0 cm³/mol. The Morgan fingerprint density at radius 3 is 2.61 bits per heavy atom. The van der Waals surface area contributed by atoms with Gasteiger partial charge in [-0.25, -0.2) is 4.98 Å². The van der Waals surface area contributed by atoms with Gasteiger partial charge in [0.25, 0.3) is 5.91 Å². The van der Waals surface area contributed by atoms with Gasteiger partial charge in [0.1, 0.15) is 5.15 Å². The largest absolute Gasteiger partial charge is 0.478 e. The number of rotatable bonds is 10. The second-order valence-corrected chi connectivity index (χ2v) is 5.39. The highest BCUT2D eigenvalue weighted by atomic mass is 35.5. The highest BCUT2D eigenvalue weighted by Gasteiger charge is 2.10. The number of unbranched alkanes of at least 4 members (excludes halogenated alkanes) is 1. The van der Waals surface area contributed by atoms with E-state index in [4.69, 9.17) is 16.3 Å². The van der Waals surface area contributed by atoms with Gasteiger partial charge in [0.2, 0.25) is 5.88 Å². The highest BCUT2D eigenvalue weighted by Crippen LogP contribution is 2.16. The van der Waals surface area contributed by atoms with Crippen LogP contribution in [0.2, 0.25) is 5.15 Å². The molecule has 1 N–H and O–H groups in total. The molecule has 5 nitrogen and oxygen atoms in total. The summed E-state index contributed by atoms with van der Waals surface area (Å²) < 4.78 is 5.51. The molecule has 1 aromatic heterocycles. The Morgan fingerprint density at radius 2 is 2.00 bits per heavy atom. The van der Waals surface area contributed by atoms with Crippen LogP contribution in [0.25, 0.3) is 0 Å². The Morgan fingerprint density at radius 1 is 1.30 bits per heavy atom. The van der Waals surface area contributed by atoms with E-state index in [9.17, 15) is 4.79 Å². The van der Waals surface area contributed by atoms with Gasteiger partial charge in [0, 0.05) is 24.7 Å². The maximum atomic E-state index is 12.2. The van der Waals surface area contributed by atoms with E-state index in [2.05, 4.69) is 36.0 Å². The standard InChI is InChI=1S/C16H26ClN3O2.ClH/c1-4-7-10-22-15-12-13(11-14(17)19-15)16(21)18-8-9-20(5-2)6-3;/h11-12H,4-10H2,1-3H3,(H,18,21);1H. The number of likely N-dealkylation sites (N-methyl/N-ethyl adjacent to an activating group) is 1. The first-order chi connectivity index (χ1) is 10.6. The van der Waals surface area contributed by atoms with Crippen LogP contribution in [0.15, 0.2) is 12.1 Å². The Labute approximate surface area is 150 Å². The van der Waals surface area contributed by atoms with Crippen molar-refractivity contribution in [3.8, 4) is 5.88 Å². The number of carbonyl (C=O) groups is 1. The molecule has 0 aromatic carbocycles. The van der Waals surface area contributed by atoms with E-state index in [1.807, 2.05) is 0 Å². The highest BCUT2D eigenvalue weighted by molar-refractivity contribution is 6.29. The average Bonchev–Trinajstić information content (AvgIpc) is 2.51. The van der Waals surface area contributed by atoms with Crippen molar-refractivity contribution in [2.24, 2.45) is 0 Å².